The Bertz CT molecular complexity index is 256. The third-order valence-electron chi connectivity index (χ3n) is 1.94. The lowest BCUT2D eigenvalue weighted by Gasteiger charge is -2.16. The number of alkyl halides is 2. The molecule has 0 heterocycles. The van der Waals surface area contributed by atoms with Gasteiger partial charge in [0.1, 0.15) is 12.3 Å². The van der Waals surface area contributed by atoms with Crippen molar-refractivity contribution in [3.8, 4) is 0 Å². The molecule has 2 atom stereocenters. The van der Waals surface area contributed by atoms with Gasteiger partial charge in [0.05, 0.1) is 0 Å². The van der Waals surface area contributed by atoms with Gasteiger partial charge in [-0.3, -0.25) is 4.79 Å². The van der Waals surface area contributed by atoms with Gasteiger partial charge in [-0.15, -0.1) is 0 Å². The summed E-state index contributed by atoms with van der Waals surface area (Å²) in [5, 5.41) is 0. The van der Waals surface area contributed by atoms with Gasteiger partial charge in [0.2, 0.25) is 0 Å². The van der Waals surface area contributed by atoms with Gasteiger partial charge in [0, 0.05) is 0 Å². The van der Waals surface area contributed by atoms with Crippen LogP contribution in [0.25, 0.3) is 0 Å². The Hall–Kier alpha value is -0.990. The minimum absolute atomic E-state index is 0.158. The molecule has 0 aromatic heterocycles. The first-order chi connectivity index (χ1) is 6.09. The number of halogens is 2. The summed E-state index contributed by atoms with van der Waals surface area (Å²) < 4.78 is 25.8. The van der Waals surface area contributed by atoms with Crippen molar-refractivity contribution in [3.63, 3.8) is 0 Å². The lowest BCUT2D eigenvalue weighted by Crippen LogP contribution is -2.14. The van der Waals surface area contributed by atoms with Crippen LogP contribution < -0.4 is 0 Å². The predicted octanol–water partition coefficient (Wildman–Crippen LogP) is 2.53. The van der Waals surface area contributed by atoms with Gasteiger partial charge < -0.3 is 0 Å². The second-order valence-corrected chi connectivity index (χ2v) is 3.17. The molecule has 0 saturated carbocycles. The quantitative estimate of drug-likeness (QED) is 0.605. The van der Waals surface area contributed by atoms with Crippen molar-refractivity contribution in [2.24, 2.45) is 0 Å². The van der Waals surface area contributed by atoms with Gasteiger partial charge >= 0.3 is 0 Å². The van der Waals surface area contributed by atoms with E-state index in [1.165, 1.54) is 25.2 Å². The third kappa shape index (κ3) is 3.09. The molecule has 0 aliphatic heterocycles. The number of rotatable bonds is 2. The van der Waals surface area contributed by atoms with Crippen LogP contribution in [0.3, 0.4) is 0 Å². The van der Waals surface area contributed by atoms with E-state index in [1.807, 2.05) is 0 Å². The molecule has 0 radical (unpaired) electrons. The maximum Gasteiger partial charge on any atom is 0.152 e. The van der Waals surface area contributed by atoms with Crippen molar-refractivity contribution in [2.75, 3.05) is 0 Å². The molecular formula is C10H12F2O. The van der Waals surface area contributed by atoms with E-state index in [-0.39, 0.29) is 24.2 Å². The molecule has 1 rings (SSSR count). The topological polar surface area (TPSA) is 17.1 Å². The Kier molecular flexibility index (Phi) is 3.34. The molecule has 2 unspecified atom stereocenters. The van der Waals surface area contributed by atoms with Crippen molar-refractivity contribution in [3.05, 3.63) is 23.8 Å². The van der Waals surface area contributed by atoms with Gasteiger partial charge in [-0.25, -0.2) is 8.78 Å². The highest BCUT2D eigenvalue weighted by atomic mass is 19.1. The van der Waals surface area contributed by atoms with E-state index in [0.717, 1.165) is 0 Å². The molecular weight excluding hydrogens is 174 g/mol. The molecule has 0 fully saturated rings. The number of hydrogen-bond acceptors (Lipinski definition) is 1. The van der Waals surface area contributed by atoms with Crippen LogP contribution in [0, 0.1) is 0 Å². The summed E-state index contributed by atoms with van der Waals surface area (Å²) in [5.74, 6) is -0.158. The number of carbonyl (C=O) groups excluding carboxylic acids is 1. The van der Waals surface area contributed by atoms with Crippen molar-refractivity contribution in [2.45, 2.75) is 32.1 Å². The normalized spacial score (nSPS) is 29.0. The predicted molar refractivity (Wildman–Crippen MR) is 46.9 cm³/mol. The number of ketones is 1. The van der Waals surface area contributed by atoms with Crippen LogP contribution in [-0.4, -0.2) is 18.1 Å². The monoisotopic (exact) mass is 186 g/mol. The number of hydrogen-bond donors (Lipinski definition) is 0. The zero-order valence-electron chi connectivity index (χ0n) is 7.47. The zero-order chi connectivity index (χ0) is 9.84. The van der Waals surface area contributed by atoms with Crippen LogP contribution in [0.2, 0.25) is 0 Å². The van der Waals surface area contributed by atoms with Crippen molar-refractivity contribution >= 4 is 5.78 Å². The van der Waals surface area contributed by atoms with E-state index in [0.29, 0.717) is 0 Å². The van der Waals surface area contributed by atoms with Crippen LogP contribution in [-0.2, 0) is 4.79 Å². The maximum atomic E-state index is 13.1. The first kappa shape index (κ1) is 10.1. The number of carbonyl (C=O) groups is 1. The molecule has 1 nitrogen and oxygen atoms in total. The van der Waals surface area contributed by atoms with Crippen molar-refractivity contribution in [1.29, 1.82) is 0 Å². The van der Waals surface area contributed by atoms with E-state index < -0.39 is 12.3 Å². The Morgan fingerprint density at radius 1 is 1.54 bits per heavy atom. The van der Waals surface area contributed by atoms with E-state index in [1.54, 1.807) is 0 Å². The lowest BCUT2D eigenvalue weighted by molar-refractivity contribution is -0.112. The Morgan fingerprint density at radius 2 is 2.23 bits per heavy atom. The van der Waals surface area contributed by atoms with Gasteiger partial charge in [-0.2, -0.15) is 0 Å². The fourth-order valence-corrected chi connectivity index (χ4v) is 1.24. The van der Waals surface area contributed by atoms with Crippen LogP contribution in [0.15, 0.2) is 23.8 Å². The highest BCUT2D eigenvalue weighted by molar-refractivity contribution is 5.87. The molecule has 0 N–H and O–H groups in total. The molecule has 0 bridgehead atoms. The van der Waals surface area contributed by atoms with E-state index in [9.17, 15) is 13.6 Å². The van der Waals surface area contributed by atoms with Crippen molar-refractivity contribution in [1.82, 2.24) is 0 Å². The van der Waals surface area contributed by atoms with Gasteiger partial charge in [0.25, 0.3) is 0 Å². The number of allylic oxidation sites excluding steroid dienone is 4. The fourth-order valence-electron chi connectivity index (χ4n) is 1.24. The zero-order valence-corrected chi connectivity index (χ0v) is 7.47. The van der Waals surface area contributed by atoms with Crippen LogP contribution in [0.1, 0.15) is 19.8 Å². The SMILES string of the molecule is CC(=O)C=CC1=CC(F)CCC1F. The van der Waals surface area contributed by atoms with Crippen LogP contribution in [0.4, 0.5) is 8.78 Å². The highest BCUT2D eigenvalue weighted by Gasteiger charge is 2.20. The molecule has 0 spiro atoms. The molecule has 1 aliphatic carbocycles. The van der Waals surface area contributed by atoms with Gasteiger partial charge in [0.15, 0.2) is 5.78 Å². The Morgan fingerprint density at radius 3 is 2.85 bits per heavy atom. The average molecular weight is 186 g/mol. The molecule has 1 aliphatic rings. The summed E-state index contributed by atoms with van der Waals surface area (Å²) in [6.45, 7) is 1.38. The second-order valence-electron chi connectivity index (χ2n) is 3.17. The van der Waals surface area contributed by atoms with Crippen molar-refractivity contribution < 1.29 is 13.6 Å². The first-order valence-corrected chi connectivity index (χ1v) is 4.28. The molecule has 0 aromatic rings. The summed E-state index contributed by atoms with van der Waals surface area (Å²) in [6, 6.07) is 0. The van der Waals surface area contributed by atoms with Crippen LogP contribution >= 0.6 is 0 Å². The standard InChI is InChI=1S/C10H12F2O/c1-7(13)2-3-8-6-9(11)4-5-10(8)12/h2-3,6,9-10H,4-5H2,1H3. The van der Waals surface area contributed by atoms with Gasteiger partial charge in [-0.05, 0) is 37.5 Å². The second kappa shape index (κ2) is 4.30. The molecule has 72 valence electrons. The Labute approximate surface area is 76.1 Å². The van der Waals surface area contributed by atoms with E-state index >= 15 is 0 Å². The largest absolute Gasteiger partial charge is 0.295 e. The summed E-state index contributed by atoms with van der Waals surface area (Å²) in [7, 11) is 0. The molecule has 0 saturated heterocycles. The van der Waals surface area contributed by atoms with Crippen LogP contribution in [0.5, 0.6) is 0 Å². The minimum atomic E-state index is -1.12. The minimum Gasteiger partial charge on any atom is -0.295 e. The first-order valence-electron chi connectivity index (χ1n) is 4.28. The highest BCUT2D eigenvalue weighted by Crippen LogP contribution is 2.24. The third-order valence-corrected chi connectivity index (χ3v) is 1.94. The molecule has 13 heavy (non-hydrogen) atoms. The average Bonchev–Trinajstić information content (AvgIpc) is 2.06. The lowest BCUT2D eigenvalue weighted by atomic mass is 9.96. The maximum absolute atomic E-state index is 13.1. The summed E-state index contributed by atoms with van der Waals surface area (Å²) in [4.78, 5) is 10.5. The summed E-state index contributed by atoms with van der Waals surface area (Å²) in [5.41, 5.74) is 0.286. The van der Waals surface area contributed by atoms with Gasteiger partial charge in [-0.1, -0.05) is 6.08 Å². The van der Waals surface area contributed by atoms with E-state index in [2.05, 4.69) is 0 Å². The molecule has 3 heteroatoms. The fraction of sp³-hybridized carbons (Fsp3) is 0.500. The molecule has 0 amide bonds. The Balaban J connectivity index is 2.70. The smallest absolute Gasteiger partial charge is 0.152 e. The molecule has 0 aromatic carbocycles. The van der Waals surface area contributed by atoms with E-state index in [4.69, 9.17) is 0 Å². The summed E-state index contributed by atoms with van der Waals surface area (Å²) in [6.07, 6.45) is 2.11. The summed E-state index contributed by atoms with van der Waals surface area (Å²) >= 11 is 0.